The minimum atomic E-state index is -2.48. The molecule has 0 bridgehead atoms. The number of ether oxygens (including phenoxy) is 2. The zero-order chi connectivity index (χ0) is 8.82. The molecule has 2 unspecified atom stereocenters. The van der Waals surface area contributed by atoms with Gasteiger partial charge in [-0.05, 0) is 0 Å². The van der Waals surface area contributed by atoms with Crippen molar-refractivity contribution in [1.82, 2.24) is 0 Å². The predicted molar refractivity (Wildman–Crippen MR) is 37.3 cm³/mol. The Morgan fingerprint density at radius 3 is 1.75 bits per heavy atom. The highest BCUT2D eigenvalue weighted by molar-refractivity contribution is 6.26. The van der Waals surface area contributed by atoms with Crippen molar-refractivity contribution in [3.63, 3.8) is 0 Å². The fraction of sp³-hybridized carbons (Fsp3) is 1.00. The molecule has 12 heavy (non-hydrogen) atoms. The van der Waals surface area contributed by atoms with E-state index in [4.69, 9.17) is 18.3 Å². The lowest BCUT2D eigenvalue weighted by molar-refractivity contribution is -0.00916. The second-order valence-corrected chi connectivity index (χ2v) is 4.21. The van der Waals surface area contributed by atoms with Gasteiger partial charge in [-0.2, -0.15) is 0 Å². The van der Waals surface area contributed by atoms with Crippen LogP contribution in [0, 0.1) is 0 Å². The zero-order valence-corrected chi connectivity index (χ0v) is 7.96. The molecule has 6 heteroatoms. The van der Waals surface area contributed by atoms with Crippen molar-refractivity contribution < 1.29 is 22.8 Å². The van der Waals surface area contributed by atoms with Crippen molar-refractivity contribution in [2.24, 2.45) is 0 Å². The Bertz CT molecular complexity index is 198. The van der Waals surface area contributed by atoms with Gasteiger partial charge < -0.3 is 18.3 Å². The van der Waals surface area contributed by atoms with Gasteiger partial charge in [-0.15, -0.1) is 0 Å². The number of hydrogen-bond donors (Lipinski definition) is 0. The summed E-state index contributed by atoms with van der Waals surface area (Å²) in [5.41, 5.74) is 0. The molecule has 2 atom stereocenters. The van der Waals surface area contributed by atoms with Gasteiger partial charge in [0, 0.05) is 13.8 Å². The van der Waals surface area contributed by atoms with Crippen molar-refractivity contribution in [3.05, 3.63) is 0 Å². The maximum Gasteiger partial charge on any atom is 0.771 e. The van der Waals surface area contributed by atoms with Crippen LogP contribution in [0.4, 0.5) is 0 Å². The Labute approximate surface area is 71.5 Å². The summed E-state index contributed by atoms with van der Waals surface area (Å²) >= 11 is 0. The molecule has 0 spiro atoms. The van der Waals surface area contributed by atoms with Crippen molar-refractivity contribution in [3.8, 4) is 0 Å². The Morgan fingerprint density at radius 1 is 1.17 bits per heavy atom. The summed E-state index contributed by atoms with van der Waals surface area (Å²) in [6.07, 6.45) is 0. The largest absolute Gasteiger partial charge is 0.771 e. The fourth-order valence-electron chi connectivity index (χ4n) is 0.695. The van der Waals surface area contributed by atoms with Crippen LogP contribution >= 0.6 is 0 Å². The monoisotopic (exact) mass is 190 g/mol. The topological polar surface area (TPSA) is 60.6 Å². The van der Waals surface area contributed by atoms with E-state index in [1.807, 2.05) is 0 Å². The molecule has 2 aliphatic rings. The molecule has 2 fully saturated rings. The third-order valence-corrected chi connectivity index (χ3v) is 2.90. The van der Waals surface area contributed by atoms with Gasteiger partial charge in [0.25, 0.3) is 0 Å². The molecule has 2 rings (SSSR count). The average molecular weight is 190 g/mol. The lowest BCUT2D eigenvalue weighted by atomic mass is 10.5. The molecule has 2 aliphatic heterocycles. The molecule has 2 saturated heterocycles. The minimum absolute atomic E-state index is 0.477. The number of rotatable bonds is 4. The normalized spacial score (nSPS) is 43.5. The molecule has 0 aliphatic carbocycles. The number of hydrogen-bond acceptors (Lipinski definition) is 5. The molecular formula is C6H10O5Si. The van der Waals surface area contributed by atoms with Crippen LogP contribution in [0.5, 0.6) is 0 Å². The fourth-order valence-corrected chi connectivity index (χ4v) is 1.68. The van der Waals surface area contributed by atoms with Crippen molar-refractivity contribution in [2.75, 3.05) is 13.2 Å². The van der Waals surface area contributed by atoms with Crippen molar-refractivity contribution in [1.29, 1.82) is 0 Å². The van der Waals surface area contributed by atoms with Gasteiger partial charge in [0.2, 0.25) is 11.6 Å². The second-order valence-electron chi connectivity index (χ2n) is 3.30. The van der Waals surface area contributed by atoms with Gasteiger partial charge >= 0.3 is 9.17 Å². The molecule has 0 aromatic rings. The summed E-state index contributed by atoms with van der Waals surface area (Å²) in [7, 11) is -2.48. The molecular weight excluding hydrogens is 180 g/mol. The summed E-state index contributed by atoms with van der Waals surface area (Å²) in [4.78, 5) is 0. The van der Waals surface area contributed by atoms with Crippen molar-refractivity contribution in [2.45, 2.75) is 25.4 Å². The lowest BCUT2D eigenvalue weighted by Crippen LogP contribution is -2.27. The summed E-state index contributed by atoms with van der Waals surface area (Å²) in [5.74, 6) is -1.36. The van der Waals surface area contributed by atoms with E-state index >= 15 is 0 Å². The van der Waals surface area contributed by atoms with Crippen LogP contribution in [0.25, 0.3) is 0 Å². The smallest absolute Gasteiger partial charge is 0.465 e. The molecule has 0 saturated carbocycles. The van der Waals surface area contributed by atoms with Gasteiger partial charge in [-0.1, -0.05) is 0 Å². The molecule has 0 amide bonds. The highest BCUT2D eigenvalue weighted by Gasteiger charge is 2.50. The van der Waals surface area contributed by atoms with Crippen LogP contribution in [0.2, 0.25) is 0 Å². The molecule has 2 heterocycles. The summed E-state index contributed by atoms with van der Waals surface area (Å²) in [6.45, 7) is 4.39. The predicted octanol–water partition coefficient (Wildman–Crippen LogP) is -0.0722. The first-order valence-corrected chi connectivity index (χ1v) is 4.94. The Balaban J connectivity index is 1.77. The van der Waals surface area contributed by atoms with Gasteiger partial charge in [-0.25, -0.2) is 0 Å². The Kier molecular flexibility index (Phi) is 1.54. The maximum atomic E-state index is 11.1. The maximum absolute atomic E-state index is 11.1. The molecule has 5 nitrogen and oxygen atoms in total. The van der Waals surface area contributed by atoms with Gasteiger partial charge in [0.1, 0.15) is 13.2 Å². The number of epoxide rings is 2. The van der Waals surface area contributed by atoms with Crippen molar-refractivity contribution >= 4 is 9.17 Å². The van der Waals surface area contributed by atoms with Gasteiger partial charge in [0.05, 0.1) is 0 Å². The summed E-state index contributed by atoms with van der Waals surface area (Å²) in [6, 6.07) is 0. The van der Waals surface area contributed by atoms with Crippen LogP contribution in [0.15, 0.2) is 0 Å². The van der Waals surface area contributed by atoms with Crippen LogP contribution in [-0.4, -0.2) is 34.0 Å². The first-order valence-electron chi connectivity index (χ1n) is 3.71. The lowest BCUT2D eigenvalue weighted by Gasteiger charge is -2.10. The standard InChI is InChI=1S/C6H10O5Si/c1-5(3-8-5)10-12(7)11-6(2)4-9-6/h3-4H2,1-2H3. The van der Waals surface area contributed by atoms with E-state index in [0.717, 1.165) is 0 Å². The molecule has 0 radical (unpaired) electrons. The van der Waals surface area contributed by atoms with E-state index in [1.54, 1.807) is 13.8 Å². The Morgan fingerprint density at radius 2 is 1.50 bits per heavy atom. The van der Waals surface area contributed by atoms with E-state index in [9.17, 15) is 4.46 Å². The van der Waals surface area contributed by atoms with Gasteiger partial charge in [-0.3, -0.25) is 4.46 Å². The van der Waals surface area contributed by atoms with E-state index < -0.39 is 20.7 Å². The van der Waals surface area contributed by atoms with Crippen LogP contribution in [0.3, 0.4) is 0 Å². The van der Waals surface area contributed by atoms with Gasteiger partial charge in [0.15, 0.2) is 0 Å². The van der Waals surface area contributed by atoms with Crippen LogP contribution in [0.1, 0.15) is 13.8 Å². The first kappa shape index (κ1) is 8.15. The minimum Gasteiger partial charge on any atom is -0.465 e. The van der Waals surface area contributed by atoms with Crippen LogP contribution in [-0.2, 0) is 22.8 Å². The van der Waals surface area contributed by atoms with E-state index in [0.29, 0.717) is 13.2 Å². The average Bonchev–Trinajstić information content (AvgIpc) is 2.76. The third kappa shape index (κ3) is 1.82. The van der Waals surface area contributed by atoms with Crippen LogP contribution < -0.4 is 0 Å². The highest BCUT2D eigenvalue weighted by Crippen LogP contribution is 2.31. The van der Waals surface area contributed by atoms with E-state index in [1.165, 1.54) is 0 Å². The molecule has 0 N–H and O–H groups in total. The third-order valence-electron chi connectivity index (χ3n) is 1.70. The quantitative estimate of drug-likeness (QED) is 0.458. The summed E-state index contributed by atoms with van der Waals surface area (Å²) < 4.78 is 30.9. The SMILES string of the molecule is CC1(O[Si](=O)OC2(C)CO2)CO1. The summed E-state index contributed by atoms with van der Waals surface area (Å²) in [5, 5.41) is 0. The Hall–Kier alpha value is -0.463. The second kappa shape index (κ2) is 2.27. The highest BCUT2D eigenvalue weighted by atomic mass is 28.3. The van der Waals surface area contributed by atoms with E-state index in [2.05, 4.69) is 0 Å². The first-order chi connectivity index (χ1) is 5.52. The van der Waals surface area contributed by atoms with E-state index in [-0.39, 0.29) is 0 Å². The molecule has 0 aromatic carbocycles. The zero-order valence-electron chi connectivity index (χ0n) is 6.96. The molecule has 68 valence electrons. The molecule has 0 aromatic heterocycles.